The summed E-state index contributed by atoms with van der Waals surface area (Å²) in [5.41, 5.74) is 0.763. The van der Waals surface area contributed by atoms with Crippen molar-refractivity contribution < 1.29 is 32.5 Å². The zero-order chi connectivity index (χ0) is 35.8. The lowest BCUT2D eigenvalue weighted by Gasteiger charge is -2.42. The molecule has 15 heteroatoms. The number of aryl methyl sites for hydroxylation is 1. The lowest BCUT2D eigenvalue weighted by atomic mass is 9.88. The van der Waals surface area contributed by atoms with Crippen LogP contribution in [0.4, 0.5) is 24.8 Å². The van der Waals surface area contributed by atoms with Gasteiger partial charge in [0.25, 0.3) is 6.47 Å². The molecule has 2 aliphatic rings. The van der Waals surface area contributed by atoms with Gasteiger partial charge in [-0.25, -0.2) is 19.6 Å². The number of halogens is 3. The summed E-state index contributed by atoms with van der Waals surface area (Å²) in [6.45, 7) is 7.01. The average molecular weight is 714 g/mol. The Morgan fingerprint density at radius 1 is 1.06 bits per heavy atom. The van der Waals surface area contributed by atoms with Gasteiger partial charge < -0.3 is 24.2 Å². The van der Waals surface area contributed by atoms with Gasteiger partial charge in [0.1, 0.15) is 23.1 Å². The zero-order valence-corrected chi connectivity index (χ0v) is 29.1. The molecule has 1 aromatic carbocycles. The molecule has 4 bridgehead atoms. The summed E-state index contributed by atoms with van der Waals surface area (Å²) in [5.74, 6) is 2.00. The Morgan fingerprint density at radius 3 is 2.56 bits per heavy atom. The molecule has 0 amide bonds. The molecule has 1 fully saturated rings. The van der Waals surface area contributed by atoms with Crippen molar-refractivity contribution in [3.63, 3.8) is 0 Å². The van der Waals surface area contributed by atoms with E-state index in [2.05, 4.69) is 33.8 Å². The molecule has 1 saturated heterocycles. The minimum Gasteiger partial charge on any atom is -0.483 e. The number of ether oxygens (including phenoxy) is 2. The number of hydrogen-bond acceptors (Lipinski definition) is 10. The van der Waals surface area contributed by atoms with Gasteiger partial charge in [-0.2, -0.15) is 13.2 Å². The molecule has 5 heterocycles. The first-order chi connectivity index (χ1) is 23.9. The van der Waals surface area contributed by atoms with Crippen LogP contribution in [0.15, 0.2) is 66.0 Å². The molecule has 0 spiro atoms. The Labute approximate surface area is 293 Å². The van der Waals surface area contributed by atoms with E-state index in [-0.39, 0.29) is 17.8 Å². The number of carboxylic acid groups (broad SMARTS) is 1. The topological polar surface area (TPSA) is 128 Å². The van der Waals surface area contributed by atoms with E-state index in [0.717, 1.165) is 94.2 Å². The average Bonchev–Trinajstić information content (AvgIpc) is 3.55. The number of benzene rings is 1. The lowest BCUT2D eigenvalue weighted by molar-refractivity contribution is -0.219. The summed E-state index contributed by atoms with van der Waals surface area (Å²) >= 11 is 1.36. The molecular weight excluding hydrogens is 671 g/mol. The van der Waals surface area contributed by atoms with E-state index in [4.69, 9.17) is 34.3 Å². The number of pyridine rings is 1. The van der Waals surface area contributed by atoms with E-state index in [1.165, 1.54) is 22.7 Å². The van der Waals surface area contributed by atoms with Gasteiger partial charge >= 0.3 is 6.18 Å². The predicted molar refractivity (Wildman–Crippen MR) is 186 cm³/mol. The maximum atomic E-state index is 13.4. The monoisotopic (exact) mass is 713 g/mol. The summed E-state index contributed by atoms with van der Waals surface area (Å²) < 4.78 is 56.0. The normalized spacial score (nSPS) is 16.4. The molecule has 4 aromatic rings. The fraction of sp³-hybridized carbons (Fsp3) is 0.457. The van der Waals surface area contributed by atoms with Gasteiger partial charge in [-0.3, -0.25) is 4.79 Å². The Hall–Kier alpha value is -4.37. The number of fused-ring (bicyclic) bond motifs is 6. The van der Waals surface area contributed by atoms with Crippen molar-refractivity contribution in [3.8, 4) is 23.0 Å². The molecule has 0 atom stereocenters. The van der Waals surface area contributed by atoms with E-state index in [0.29, 0.717) is 17.3 Å². The number of hydrogen-bond donors (Lipinski definition) is 2. The second kappa shape index (κ2) is 16.1. The van der Waals surface area contributed by atoms with Crippen LogP contribution in [0.25, 0.3) is 17.1 Å². The largest absolute Gasteiger partial charge is 0.483 e. The van der Waals surface area contributed by atoms with E-state index >= 15 is 0 Å². The summed E-state index contributed by atoms with van der Waals surface area (Å²) in [6, 6.07) is 15.7. The molecule has 0 saturated carbocycles. The second-order valence-electron chi connectivity index (χ2n) is 13.4. The molecule has 0 aliphatic carbocycles. The predicted octanol–water partition coefficient (Wildman–Crippen LogP) is 7.47. The van der Waals surface area contributed by atoms with Crippen LogP contribution in [-0.2, 0) is 16.0 Å². The Balaban J connectivity index is 0.00000156. The summed E-state index contributed by atoms with van der Waals surface area (Å²) in [5, 5.41) is 12.1. The number of aromatic nitrogens is 5. The van der Waals surface area contributed by atoms with Gasteiger partial charge in [0, 0.05) is 48.3 Å². The number of nitrogens with one attached hydrogen (secondary N) is 1. The smallest absolute Gasteiger partial charge is 0.397 e. The third kappa shape index (κ3) is 9.24. The van der Waals surface area contributed by atoms with E-state index in [1.807, 2.05) is 30.3 Å². The molecule has 0 radical (unpaired) electrons. The summed E-state index contributed by atoms with van der Waals surface area (Å²) in [7, 11) is 0. The van der Waals surface area contributed by atoms with E-state index < -0.39 is 18.2 Å². The van der Waals surface area contributed by atoms with Crippen LogP contribution < -0.4 is 14.4 Å². The summed E-state index contributed by atoms with van der Waals surface area (Å²) in [6.07, 6.45) is 3.97. The lowest BCUT2D eigenvalue weighted by Crippen LogP contribution is -2.49. The molecule has 268 valence electrons. The molecule has 50 heavy (non-hydrogen) atoms. The quantitative estimate of drug-likeness (QED) is 0.153. The van der Waals surface area contributed by atoms with E-state index in [9.17, 15) is 13.2 Å². The SMILES string of the molecule is CC1(CN2CCCCCCc3ccccc3-c3nc(cnc3-n3ccc(OCC(C)(C)C(F)(F)F)n3)NSc3cccc2n3)COC1.O=CO. The fourth-order valence-corrected chi connectivity index (χ4v) is 6.17. The highest BCUT2D eigenvalue weighted by Gasteiger charge is 2.48. The van der Waals surface area contributed by atoms with Crippen molar-refractivity contribution in [1.29, 1.82) is 0 Å². The van der Waals surface area contributed by atoms with Crippen molar-refractivity contribution >= 4 is 30.1 Å². The standard InChI is InChI=1S/C34H40F3N7O2S.CH2O2/c1-32(2,34(35,36)37)21-46-28-16-18-44(41-28)31-30-25-13-8-7-12-24(25)11-6-4-5-9-17-43(20-33(3)22-45-23-33)27-14-10-15-29(40-27)47-42-26(39-30)19-38-31;2-1-3/h7-8,10,12-16,18-19H,4-6,9,11,17,20-23H2,1-3H3,(H,39,42);1H,(H,2,3). The van der Waals surface area contributed by atoms with E-state index in [1.54, 1.807) is 12.4 Å². The first kappa shape index (κ1) is 36.9. The summed E-state index contributed by atoms with van der Waals surface area (Å²) in [4.78, 5) is 25.5. The minimum absolute atomic E-state index is 0.0745. The van der Waals surface area contributed by atoms with Crippen molar-refractivity contribution in [2.24, 2.45) is 10.8 Å². The highest BCUT2D eigenvalue weighted by molar-refractivity contribution is 8.00. The molecular formula is C35H42F3N7O4S. The van der Waals surface area contributed by atoms with Crippen LogP contribution in [-0.4, -0.2) is 75.4 Å². The van der Waals surface area contributed by atoms with Crippen molar-refractivity contribution in [1.82, 2.24) is 24.7 Å². The molecule has 2 N–H and O–H groups in total. The van der Waals surface area contributed by atoms with Crippen LogP contribution >= 0.6 is 11.9 Å². The van der Waals surface area contributed by atoms with Gasteiger partial charge in [0.05, 0.1) is 24.8 Å². The third-order valence-electron chi connectivity index (χ3n) is 8.55. The zero-order valence-electron chi connectivity index (χ0n) is 28.3. The van der Waals surface area contributed by atoms with Crippen LogP contribution in [0.1, 0.15) is 52.0 Å². The van der Waals surface area contributed by atoms with Crippen molar-refractivity contribution in [2.75, 3.05) is 42.5 Å². The van der Waals surface area contributed by atoms with Gasteiger partial charge in [0.15, 0.2) is 11.6 Å². The van der Waals surface area contributed by atoms with Crippen LogP contribution in [0.2, 0.25) is 0 Å². The van der Waals surface area contributed by atoms with Crippen molar-refractivity contribution in [3.05, 3.63) is 66.5 Å². The Kier molecular flexibility index (Phi) is 11.9. The number of nitrogens with zero attached hydrogens (tertiary/aromatic N) is 6. The fourth-order valence-electron chi connectivity index (χ4n) is 5.58. The number of carbonyl (C=O) groups is 1. The maximum absolute atomic E-state index is 13.4. The maximum Gasteiger partial charge on any atom is 0.397 e. The Morgan fingerprint density at radius 2 is 1.82 bits per heavy atom. The molecule has 2 aliphatic heterocycles. The molecule has 11 nitrogen and oxygen atoms in total. The number of anilines is 2. The van der Waals surface area contributed by atoms with Crippen molar-refractivity contribution in [2.45, 2.75) is 64.1 Å². The number of rotatable bonds is 6. The van der Waals surface area contributed by atoms with Gasteiger partial charge in [0.2, 0.25) is 5.88 Å². The minimum atomic E-state index is -4.41. The second-order valence-corrected chi connectivity index (χ2v) is 14.2. The van der Waals surface area contributed by atoms with Gasteiger partial charge in [-0.15, -0.1) is 5.10 Å². The van der Waals surface area contributed by atoms with Gasteiger partial charge in [-0.05, 0) is 50.8 Å². The van der Waals surface area contributed by atoms with Gasteiger partial charge in [-0.1, -0.05) is 50.1 Å². The molecule has 3 aromatic heterocycles. The van der Waals surface area contributed by atoms with Crippen LogP contribution in [0.3, 0.4) is 0 Å². The highest BCUT2D eigenvalue weighted by Crippen LogP contribution is 2.38. The third-order valence-corrected chi connectivity index (χ3v) is 9.29. The molecule has 0 unspecified atom stereocenters. The first-order valence-electron chi connectivity index (χ1n) is 16.4. The number of alkyl halides is 3. The van der Waals surface area contributed by atoms with Crippen LogP contribution in [0.5, 0.6) is 5.88 Å². The first-order valence-corrected chi connectivity index (χ1v) is 17.2. The Bertz CT molecular complexity index is 1730. The highest BCUT2D eigenvalue weighted by atomic mass is 32.2. The molecule has 6 rings (SSSR count). The van der Waals surface area contributed by atoms with Crippen LogP contribution in [0, 0.1) is 10.8 Å².